The lowest BCUT2D eigenvalue weighted by atomic mass is 9.83. The van der Waals surface area contributed by atoms with E-state index in [0.29, 0.717) is 18.1 Å². The van der Waals surface area contributed by atoms with Crippen molar-refractivity contribution >= 4 is 17.4 Å². The molecule has 0 unspecified atom stereocenters. The van der Waals surface area contributed by atoms with Crippen LogP contribution in [-0.2, 0) is 19.7 Å². The molecule has 0 saturated heterocycles. The van der Waals surface area contributed by atoms with Gasteiger partial charge in [0.15, 0.2) is 23.9 Å². The minimum absolute atomic E-state index is 0.0428. The van der Waals surface area contributed by atoms with Crippen LogP contribution in [0.2, 0.25) is 0 Å². The van der Waals surface area contributed by atoms with Gasteiger partial charge in [0.1, 0.15) is 0 Å². The second kappa shape index (κ2) is 9.69. The number of ketones is 1. The van der Waals surface area contributed by atoms with E-state index >= 15 is 0 Å². The monoisotopic (exact) mass is 423 g/mol. The van der Waals surface area contributed by atoms with Crippen LogP contribution >= 0.6 is 0 Å². The summed E-state index contributed by atoms with van der Waals surface area (Å²) in [7, 11) is 1.94. The molecule has 2 aromatic carbocycles. The van der Waals surface area contributed by atoms with Crippen molar-refractivity contribution in [3.05, 3.63) is 65.9 Å². The summed E-state index contributed by atoms with van der Waals surface area (Å²) in [5.74, 6) is 0.468. The molecule has 0 aliphatic carbocycles. The summed E-state index contributed by atoms with van der Waals surface area (Å²) in [5, 5.41) is 0. The van der Waals surface area contributed by atoms with Crippen molar-refractivity contribution in [1.29, 1.82) is 0 Å². The van der Waals surface area contributed by atoms with Crippen LogP contribution in [-0.4, -0.2) is 38.6 Å². The fraction of sp³-hybridized carbons (Fsp3) is 0.360. The summed E-state index contributed by atoms with van der Waals surface area (Å²) >= 11 is 0. The summed E-state index contributed by atoms with van der Waals surface area (Å²) in [4.78, 5) is 26.5. The molecule has 31 heavy (non-hydrogen) atoms. The lowest BCUT2D eigenvalue weighted by Gasteiger charge is -2.23. The Balaban J connectivity index is 1.51. The van der Waals surface area contributed by atoms with Gasteiger partial charge in [0.2, 0.25) is 0 Å². The van der Waals surface area contributed by atoms with Gasteiger partial charge in [0.05, 0.1) is 19.6 Å². The highest BCUT2D eigenvalue weighted by Gasteiger charge is 2.38. The Hall–Kier alpha value is -3.28. The molecule has 0 fully saturated rings. The SMILES string of the molecule is CCOc1ccccc1OCCC(=O)OCC(=O)/C=C1/N(C)c2ccccc2C1(C)C. The topological polar surface area (TPSA) is 65.1 Å². The Labute approximate surface area is 183 Å². The van der Waals surface area contributed by atoms with Gasteiger partial charge in [0.25, 0.3) is 0 Å². The van der Waals surface area contributed by atoms with E-state index < -0.39 is 5.97 Å². The number of para-hydroxylation sites is 3. The Morgan fingerprint density at radius 2 is 1.65 bits per heavy atom. The van der Waals surface area contributed by atoms with Crippen LogP contribution in [0.1, 0.15) is 32.8 Å². The second-order valence-electron chi connectivity index (χ2n) is 7.84. The van der Waals surface area contributed by atoms with Gasteiger partial charge in [-0.3, -0.25) is 9.59 Å². The van der Waals surface area contributed by atoms with Gasteiger partial charge in [-0.05, 0) is 30.7 Å². The van der Waals surface area contributed by atoms with Gasteiger partial charge in [-0.15, -0.1) is 0 Å². The van der Waals surface area contributed by atoms with E-state index in [1.807, 2.05) is 55.3 Å². The zero-order valence-corrected chi connectivity index (χ0v) is 18.5. The average molecular weight is 424 g/mol. The Bertz CT molecular complexity index is 979. The third-order valence-electron chi connectivity index (χ3n) is 5.33. The van der Waals surface area contributed by atoms with E-state index in [9.17, 15) is 9.59 Å². The van der Waals surface area contributed by atoms with Crippen LogP contribution in [0.25, 0.3) is 0 Å². The van der Waals surface area contributed by atoms with Crippen LogP contribution < -0.4 is 14.4 Å². The fourth-order valence-corrected chi connectivity index (χ4v) is 3.77. The third kappa shape index (κ3) is 5.08. The number of rotatable bonds is 9. The number of carbonyl (C=O) groups excluding carboxylic acids is 2. The molecule has 6 heteroatoms. The summed E-state index contributed by atoms with van der Waals surface area (Å²) in [6.45, 7) is 6.43. The summed E-state index contributed by atoms with van der Waals surface area (Å²) < 4.78 is 16.3. The van der Waals surface area contributed by atoms with Crippen LogP contribution in [0, 0.1) is 0 Å². The maximum absolute atomic E-state index is 12.5. The molecule has 0 atom stereocenters. The van der Waals surface area contributed by atoms with E-state index in [4.69, 9.17) is 14.2 Å². The fourth-order valence-electron chi connectivity index (χ4n) is 3.77. The molecule has 0 radical (unpaired) electrons. The average Bonchev–Trinajstić information content (AvgIpc) is 2.94. The minimum Gasteiger partial charge on any atom is -0.490 e. The molecule has 164 valence electrons. The molecular weight excluding hydrogens is 394 g/mol. The normalized spacial score (nSPS) is 15.5. The van der Waals surface area contributed by atoms with Crippen molar-refractivity contribution in [2.45, 2.75) is 32.6 Å². The number of benzene rings is 2. The van der Waals surface area contributed by atoms with Crippen LogP contribution in [0.5, 0.6) is 11.5 Å². The highest BCUT2D eigenvalue weighted by atomic mass is 16.5. The highest BCUT2D eigenvalue weighted by molar-refractivity contribution is 5.94. The largest absolute Gasteiger partial charge is 0.490 e. The van der Waals surface area contributed by atoms with E-state index in [0.717, 1.165) is 16.9 Å². The maximum atomic E-state index is 12.5. The lowest BCUT2D eigenvalue weighted by Crippen LogP contribution is -2.25. The number of allylic oxidation sites excluding steroid dienone is 1. The minimum atomic E-state index is -0.483. The van der Waals surface area contributed by atoms with Gasteiger partial charge >= 0.3 is 5.97 Å². The van der Waals surface area contributed by atoms with Crippen molar-refractivity contribution in [1.82, 2.24) is 0 Å². The first-order valence-corrected chi connectivity index (χ1v) is 10.4. The molecule has 0 saturated carbocycles. The zero-order chi connectivity index (χ0) is 22.4. The smallest absolute Gasteiger partial charge is 0.309 e. The van der Waals surface area contributed by atoms with Crippen molar-refractivity contribution < 1.29 is 23.8 Å². The number of nitrogens with zero attached hydrogens (tertiary/aromatic N) is 1. The van der Waals surface area contributed by atoms with E-state index in [1.165, 1.54) is 0 Å². The van der Waals surface area contributed by atoms with E-state index in [-0.39, 0.29) is 30.8 Å². The molecule has 0 aromatic heterocycles. The summed E-state index contributed by atoms with van der Waals surface area (Å²) in [5.41, 5.74) is 2.82. The first kappa shape index (κ1) is 22.4. The number of ether oxygens (including phenoxy) is 3. The standard InChI is InChI=1S/C25H29NO5/c1-5-29-21-12-8-9-13-22(21)30-15-14-24(28)31-17-18(27)16-23-25(2,3)19-10-6-7-11-20(19)26(23)4/h6-13,16H,5,14-15,17H2,1-4H3/b23-16+. The molecule has 0 N–H and O–H groups in total. The van der Waals surface area contributed by atoms with Gasteiger partial charge in [-0.25, -0.2) is 0 Å². The number of anilines is 1. The number of esters is 1. The summed E-state index contributed by atoms with van der Waals surface area (Å²) in [6.07, 6.45) is 1.61. The predicted octanol–water partition coefficient (Wildman–Crippen LogP) is 4.28. The molecule has 1 aliphatic heterocycles. The zero-order valence-electron chi connectivity index (χ0n) is 18.5. The van der Waals surface area contributed by atoms with Crippen LogP contribution in [0.15, 0.2) is 60.3 Å². The number of hydrogen-bond acceptors (Lipinski definition) is 6. The van der Waals surface area contributed by atoms with E-state index in [1.54, 1.807) is 12.1 Å². The third-order valence-corrected chi connectivity index (χ3v) is 5.33. The number of likely N-dealkylation sites (N-methyl/N-ethyl adjacent to an activating group) is 1. The molecule has 1 aliphatic rings. The van der Waals surface area contributed by atoms with Gasteiger partial charge in [0, 0.05) is 29.9 Å². The van der Waals surface area contributed by atoms with Gasteiger partial charge in [-0.2, -0.15) is 0 Å². The van der Waals surface area contributed by atoms with Crippen LogP contribution in [0.3, 0.4) is 0 Å². The molecule has 2 aromatic rings. The lowest BCUT2D eigenvalue weighted by molar-refractivity contribution is -0.147. The van der Waals surface area contributed by atoms with Crippen molar-refractivity contribution in [3.8, 4) is 11.5 Å². The van der Waals surface area contributed by atoms with Crippen molar-refractivity contribution in [2.24, 2.45) is 0 Å². The Morgan fingerprint density at radius 3 is 2.32 bits per heavy atom. The number of fused-ring (bicyclic) bond motifs is 1. The number of hydrogen-bond donors (Lipinski definition) is 0. The maximum Gasteiger partial charge on any atom is 0.309 e. The quantitative estimate of drug-likeness (QED) is 0.443. The van der Waals surface area contributed by atoms with Gasteiger partial charge < -0.3 is 19.1 Å². The molecule has 3 rings (SSSR count). The number of carbonyl (C=O) groups is 2. The van der Waals surface area contributed by atoms with E-state index in [2.05, 4.69) is 19.9 Å². The second-order valence-corrected chi connectivity index (χ2v) is 7.84. The first-order valence-electron chi connectivity index (χ1n) is 10.4. The molecular formula is C25H29NO5. The first-order chi connectivity index (χ1) is 14.8. The Kier molecular flexibility index (Phi) is 7.00. The highest BCUT2D eigenvalue weighted by Crippen LogP contribution is 2.46. The summed E-state index contributed by atoms with van der Waals surface area (Å²) in [6, 6.07) is 15.4. The van der Waals surface area contributed by atoms with Crippen LogP contribution in [0.4, 0.5) is 5.69 Å². The van der Waals surface area contributed by atoms with Crippen molar-refractivity contribution in [3.63, 3.8) is 0 Å². The van der Waals surface area contributed by atoms with Gasteiger partial charge in [-0.1, -0.05) is 44.2 Å². The predicted molar refractivity (Wildman–Crippen MR) is 120 cm³/mol. The molecule has 0 bridgehead atoms. The molecule has 0 amide bonds. The molecule has 6 nitrogen and oxygen atoms in total. The van der Waals surface area contributed by atoms with Crippen molar-refractivity contribution in [2.75, 3.05) is 31.8 Å². The Morgan fingerprint density at radius 1 is 1.00 bits per heavy atom. The molecule has 0 spiro atoms. The molecule has 1 heterocycles.